The van der Waals surface area contributed by atoms with Crippen molar-refractivity contribution in [1.29, 1.82) is 0 Å². The topological polar surface area (TPSA) is 95.0 Å². The van der Waals surface area contributed by atoms with Crippen LogP contribution in [0.15, 0.2) is 54.9 Å². The lowest BCUT2D eigenvalue weighted by Gasteiger charge is -2.32. The second-order valence-electron chi connectivity index (χ2n) is 7.76. The van der Waals surface area contributed by atoms with Crippen molar-refractivity contribution in [3.8, 4) is 28.9 Å². The van der Waals surface area contributed by atoms with Crippen LogP contribution in [0.4, 0.5) is 11.5 Å². The minimum Gasteiger partial charge on any atom is -0.493 e. The van der Waals surface area contributed by atoms with Crippen LogP contribution < -0.4 is 29.2 Å². The molecule has 2 aromatic carbocycles. The number of aromatic nitrogens is 2. The van der Waals surface area contributed by atoms with Crippen molar-refractivity contribution in [1.82, 2.24) is 9.97 Å². The van der Waals surface area contributed by atoms with Gasteiger partial charge in [-0.05, 0) is 25.0 Å². The van der Waals surface area contributed by atoms with Crippen LogP contribution in [0.1, 0.15) is 12.8 Å². The summed E-state index contributed by atoms with van der Waals surface area (Å²) in [4.78, 5) is 23.9. The summed E-state index contributed by atoms with van der Waals surface area (Å²) in [5.74, 6) is 3.10. The number of amides is 1. The Balaban J connectivity index is 1.41. The number of rotatable bonds is 8. The predicted octanol–water partition coefficient (Wildman–Crippen LogP) is 4.15. The van der Waals surface area contributed by atoms with E-state index in [2.05, 4.69) is 20.2 Å². The van der Waals surface area contributed by atoms with Gasteiger partial charge in [-0.2, -0.15) is 0 Å². The summed E-state index contributed by atoms with van der Waals surface area (Å²) in [6.07, 6.45) is 4.62. The number of ether oxygens (including phenoxy) is 4. The number of nitrogens with zero attached hydrogens (tertiary/aromatic N) is 3. The minimum absolute atomic E-state index is 0.0474. The van der Waals surface area contributed by atoms with E-state index in [-0.39, 0.29) is 11.8 Å². The van der Waals surface area contributed by atoms with Gasteiger partial charge in [0, 0.05) is 49.2 Å². The largest absolute Gasteiger partial charge is 0.493 e. The summed E-state index contributed by atoms with van der Waals surface area (Å²) in [5, 5.41) is 2.99. The third-order valence-electron chi connectivity index (χ3n) is 5.70. The first-order chi connectivity index (χ1) is 16.6. The Kier molecular flexibility index (Phi) is 7.31. The van der Waals surface area contributed by atoms with Gasteiger partial charge >= 0.3 is 0 Å². The molecule has 1 N–H and O–H groups in total. The highest BCUT2D eigenvalue weighted by molar-refractivity contribution is 5.93. The first-order valence-corrected chi connectivity index (χ1v) is 11.0. The van der Waals surface area contributed by atoms with Gasteiger partial charge in [0.15, 0.2) is 17.3 Å². The van der Waals surface area contributed by atoms with E-state index in [0.29, 0.717) is 66.3 Å². The highest BCUT2D eigenvalue weighted by Gasteiger charge is 2.28. The van der Waals surface area contributed by atoms with E-state index in [1.54, 1.807) is 45.9 Å². The van der Waals surface area contributed by atoms with Gasteiger partial charge in [-0.25, -0.2) is 9.97 Å². The quantitative estimate of drug-likeness (QED) is 0.531. The van der Waals surface area contributed by atoms with Crippen molar-refractivity contribution in [2.24, 2.45) is 5.92 Å². The van der Waals surface area contributed by atoms with Gasteiger partial charge in [-0.15, -0.1) is 0 Å². The molecule has 0 radical (unpaired) electrons. The van der Waals surface area contributed by atoms with E-state index in [4.69, 9.17) is 18.9 Å². The predicted molar refractivity (Wildman–Crippen MR) is 128 cm³/mol. The molecule has 1 fully saturated rings. The third kappa shape index (κ3) is 5.14. The highest BCUT2D eigenvalue weighted by Crippen LogP contribution is 2.40. The van der Waals surface area contributed by atoms with Crippen LogP contribution in [-0.4, -0.2) is 50.3 Å². The van der Waals surface area contributed by atoms with Gasteiger partial charge in [-0.1, -0.05) is 18.2 Å². The maximum absolute atomic E-state index is 13.0. The van der Waals surface area contributed by atoms with Crippen LogP contribution in [0.5, 0.6) is 28.9 Å². The lowest BCUT2D eigenvalue weighted by molar-refractivity contribution is -0.120. The molecule has 1 saturated heterocycles. The molecule has 0 unspecified atom stereocenters. The van der Waals surface area contributed by atoms with Crippen molar-refractivity contribution in [3.63, 3.8) is 0 Å². The van der Waals surface area contributed by atoms with E-state index in [9.17, 15) is 4.79 Å². The van der Waals surface area contributed by atoms with Crippen LogP contribution in [0.3, 0.4) is 0 Å². The number of piperidine rings is 1. The SMILES string of the molecule is COc1cc(NC(=O)C2CCN(c3nccnc3Oc3ccccc3)CC2)cc(OC)c1OC. The summed E-state index contributed by atoms with van der Waals surface area (Å²) >= 11 is 0. The second-order valence-corrected chi connectivity index (χ2v) is 7.76. The van der Waals surface area contributed by atoms with Crippen molar-refractivity contribution in [3.05, 3.63) is 54.9 Å². The Morgan fingerprint density at radius 1 is 0.941 bits per heavy atom. The first-order valence-electron chi connectivity index (χ1n) is 11.0. The fraction of sp³-hybridized carbons (Fsp3) is 0.320. The van der Waals surface area contributed by atoms with Gasteiger partial charge in [0.05, 0.1) is 21.3 Å². The molecule has 0 saturated carbocycles. The smallest absolute Gasteiger partial charge is 0.263 e. The molecule has 0 aliphatic carbocycles. The van der Waals surface area contributed by atoms with E-state index < -0.39 is 0 Å². The Morgan fingerprint density at radius 2 is 1.59 bits per heavy atom. The maximum atomic E-state index is 13.0. The number of hydrogen-bond donors (Lipinski definition) is 1. The number of nitrogens with one attached hydrogen (secondary N) is 1. The molecule has 34 heavy (non-hydrogen) atoms. The Morgan fingerprint density at radius 3 is 2.21 bits per heavy atom. The van der Waals surface area contributed by atoms with Gasteiger partial charge in [0.1, 0.15) is 5.75 Å². The van der Waals surface area contributed by atoms with Crippen LogP contribution in [0.25, 0.3) is 0 Å². The number of methoxy groups -OCH3 is 3. The molecule has 2 heterocycles. The molecular formula is C25H28N4O5. The normalized spacial score (nSPS) is 13.8. The van der Waals surface area contributed by atoms with Crippen molar-refractivity contribution >= 4 is 17.4 Å². The number of anilines is 2. The zero-order valence-electron chi connectivity index (χ0n) is 19.5. The van der Waals surface area contributed by atoms with Crippen LogP contribution in [-0.2, 0) is 4.79 Å². The summed E-state index contributed by atoms with van der Waals surface area (Å²) in [7, 11) is 4.63. The zero-order chi connectivity index (χ0) is 23.9. The van der Waals surface area contributed by atoms with Crippen LogP contribution in [0.2, 0.25) is 0 Å². The number of carbonyl (C=O) groups is 1. The van der Waals surface area contributed by atoms with Gasteiger partial charge in [-0.3, -0.25) is 4.79 Å². The molecule has 4 rings (SSSR count). The highest BCUT2D eigenvalue weighted by atomic mass is 16.5. The summed E-state index contributed by atoms with van der Waals surface area (Å²) in [6.45, 7) is 1.33. The molecule has 9 heteroatoms. The van der Waals surface area contributed by atoms with E-state index >= 15 is 0 Å². The number of carbonyl (C=O) groups excluding carboxylic acids is 1. The van der Waals surface area contributed by atoms with E-state index in [1.807, 2.05) is 30.3 Å². The molecule has 0 spiro atoms. The monoisotopic (exact) mass is 464 g/mol. The average Bonchev–Trinajstić information content (AvgIpc) is 2.89. The Hall–Kier alpha value is -4.01. The molecule has 178 valence electrons. The standard InChI is InChI=1S/C25H28N4O5/c1-31-20-15-18(16-21(32-2)22(20)33-3)28-24(30)17-9-13-29(14-10-17)23-25(27-12-11-26-23)34-19-7-5-4-6-8-19/h4-8,11-12,15-17H,9-10,13-14H2,1-3H3,(H,28,30). The fourth-order valence-electron chi connectivity index (χ4n) is 3.96. The number of para-hydroxylation sites is 1. The van der Waals surface area contributed by atoms with Gasteiger partial charge < -0.3 is 29.2 Å². The van der Waals surface area contributed by atoms with Crippen LogP contribution >= 0.6 is 0 Å². The molecular weight excluding hydrogens is 436 g/mol. The van der Waals surface area contributed by atoms with Gasteiger partial charge in [0.25, 0.3) is 5.88 Å². The second kappa shape index (κ2) is 10.7. The van der Waals surface area contributed by atoms with Gasteiger partial charge in [0.2, 0.25) is 11.7 Å². The lowest BCUT2D eigenvalue weighted by atomic mass is 9.95. The number of hydrogen-bond acceptors (Lipinski definition) is 8. The third-order valence-corrected chi connectivity index (χ3v) is 5.70. The van der Waals surface area contributed by atoms with Crippen molar-refractivity contribution in [2.75, 3.05) is 44.6 Å². The molecule has 1 aromatic heterocycles. The zero-order valence-corrected chi connectivity index (χ0v) is 19.5. The molecule has 3 aromatic rings. The van der Waals surface area contributed by atoms with E-state index in [1.165, 1.54) is 0 Å². The summed E-state index contributed by atoms with van der Waals surface area (Å²) in [5.41, 5.74) is 0.592. The molecule has 1 aliphatic heterocycles. The minimum atomic E-state index is -0.134. The van der Waals surface area contributed by atoms with Crippen molar-refractivity contribution < 1.29 is 23.7 Å². The molecule has 1 amide bonds. The Labute approximate surface area is 198 Å². The van der Waals surface area contributed by atoms with Crippen molar-refractivity contribution in [2.45, 2.75) is 12.8 Å². The van der Waals surface area contributed by atoms with E-state index in [0.717, 1.165) is 0 Å². The lowest BCUT2D eigenvalue weighted by Crippen LogP contribution is -2.38. The number of benzene rings is 2. The van der Waals surface area contributed by atoms with Crippen LogP contribution in [0, 0.1) is 5.92 Å². The first kappa shape index (κ1) is 23.2. The molecule has 1 aliphatic rings. The summed E-state index contributed by atoms with van der Waals surface area (Å²) < 4.78 is 22.0. The molecule has 9 nitrogen and oxygen atoms in total. The maximum Gasteiger partial charge on any atom is 0.263 e. The Bertz CT molecular complexity index is 1090. The average molecular weight is 465 g/mol. The fourth-order valence-corrected chi connectivity index (χ4v) is 3.96. The molecule has 0 bridgehead atoms. The summed E-state index contributed by atoms with van der Waals surface area (Å²) in [6, 6.07) is 12.9. The molecule has 0 atom stereocenters.